The average molecular weight is 419 g/mol. The van der Waals surface area contributed by atoms with Gasteiger partial charge in [-0.15, -0.1) is 10.2 Å². The number of anilines is 1. The van der Waals surface area contributed by atoms with Crippen LogP contribution in [0.2, 0.25) is 0 Å². The number of aromatic nitrogens is 6. The fourth-order valence-electron chi connectivity index (χ4n) is 5.12. The smallest absolute Gasteiger partial charge is 0.185 e. The number of phenols is 1. The van der Waals surface area contributed by atoms with Crippen LogP contribution in [0.1, 0.15) is 38.5 Å². The summed E-state index contributed by atoms with van der Waals surface area (Å²) in [6.45, 7) is 0. The molecule has 3 atom stereocenters. The van der Waals surface area contributed by atoms with Gasteiger partial charge < -0.3 is 15.3 Å². The summed E-state index contributed by atoms with van der Waals surface area (Å²) in [5.41, 5.74) is 1.29. The zero-order chi connectivity index (χ0) is 20.9. The first-order valence-electron chi connectivity index (χ1n) is 11.1. The van der Waals surface area contributed by atoms with Crippen molar-refractivity contribution in [2.24, 2.45) is 7.05 Å². The molecule has 2 bridgehead atoms. The topological polar surface area (TPSA) is 105 Å². The van der Waals surface area contributed by atoms with Gasteiger partial charge in [-0.05, 0) is 50.7 Å². The molecule has 2 saturated heterocycles. The quantitative estimate of drug-likeness (QED) is 0.650. The lowest BCUT2D eigenvalue weighted by Gasteiger charge is -2.38. The van der Waals surface area contributed by atoms with Crippen molar-refractivity contribution in [2.75, 3.05) is 4.90 Å². The van der Waals surface area contributed by atoms with E-state index in [-0.39, 0.29) is 5.75 Å². The highest BCUT2D eigenvalue weighted by molar-refractivity contribution is 5.70. The number of fused-ring (bicyclic) bond motifs is 2. The summed E-state index contributed by atoms with van der Waals surface area (Å²) in [6, 6.07) is 7.63. The minimum absolute atomic E-state index is 0.0912. The summed E-state index contributed by atoms with van der Waals surface area (Å²) >= 11 is 0. The maximum atomic E-state index is 10.6. The largest absolute Gasteiger partial charge is 0.507 e. The van der Waals surface area contributed by atoms with E-state index in [1.165, 1.54) is 38.5 Å². The molecule has 0 spiro atoms. The van der Waals surface area contributed by atoms with Crippen LogP contribution in [0, 0.1) is 0 Å². The van der Waals surface area contributed by atoms with E-state index in [1.807, 2.05) is 19.3 Å². The Kier molecular flexibility index (Phi) is 4.38. The summed E-state index contributed by atoms with van der Waals surface area (Å²) in [5.74, 6) is 1.93. The van der Waals surface area contributed by atoms with Gasteiger partial charge in [-0.25, -0.2) is 9.97 Å². The lowest BCUT2D eigenvalue weighted by Crippen LogP contribution is -2.49. The molecule has 9 nitrogen and oxygen atoms in total. The van der Waals surface area contributed by atoms with Crippen molar-refractivity contribution < 1.29 is 5.11 Å². The third-order valence-electron chi connectivity index (χ3n) is 6.69. The van der Waals surface area contributed by atoms with Crippen molar-refractivity contribution in [3.05, 3.63) is 30.7 Å². The van der Waals surface area contributed by atoms with Crippen LogP contribution < -0.4 is 10.2 Å². The molecule has 2 aliphatic heterocycles. The number of piperidine rings is 1. The standard InChI is InChI=1S/C22H26N8O/c1-29-12-24-21(28-29)13-2-7-18(19(31)8-13)22-23-11-20(26-27-22)30(16-5-6-16)17-9-14-3-4-15(10-17)25-14/h2,7-8,11-12,14-17,25,31H,3-6,9-10H2,1H3/t14-,15+,17?. The molecule has 9 heteroatoms. The van der Waals surface area contributed by atoms with E-state index in [0.717, 1.165) is 11.4 Å². The highest BCUT2D eigenvalue weighted by Gasteiger charge is 2.41. The van der Waals surface area contributed by atoms with Crippen LogP contribution in [-0.2, 0) is 7.05 Å². The van der Waals surface area contributed by atoms with E-state index in [1.54, 1.807) is 23.1 Å². The second-order valence-electron chi connectivity index (χ2n) is 9.02. The van der Waals surface area contributed by atoms with Crippen molar-refractivity contribution in [3.63, 3.8) is 0 Å². The van der Waals surface area contributed by atoms with Crippen LogP contribution in [0.3, 0.4) is 0 Å². The molecule has 160 valence electrons. The molecule has 2 N–H and O–H groups in total. The lowest BCUT2D eigenvalue weighted by molar-refractivity contribution is 0.343. The van der Waals surface area contributed by atoms with Gasteiger partial charge in [0.2, 0.25) is 0 Å². The van der Waals surface area contributed by atoms with Gasteiger partial charge >= 0.3 is 0 Å². The molecule has 0 amide bonds. The van der Waals surface area contributed by atoms with Gasteiger partial charge in [-0.3, -0.25) is 4.68 Å². The highest BCUT2D eigenvalue weighted by Crippen LogP contribution is 2.39. The van der Waals surface area contributed by atoms with Crippen LogP contribution >= 0.6 is 0 Å². The fraction of sp³-hybridized carbons (Fsp3) is 0.500. The molecule has 3 fully saturated rings. The molecule has 31 heavy (non-hydrogen) atoms. The van der Waals surface area contributed by atoms with Crippen molar-refractivity contribution in [2.45, 2.75) is 62.7 Å². The molecule has 2 aromatic heterocycles. The molecule has 6 rings (SSSR count). The number of hydrogen-bond donors (Lipinski definition) is 2. The van der Waals surface area contributed by atoms with E-state index >= 15 is 0 Å². The molecule has 0 radical (unpaired) electrons. The van der Waals surface area contributed by atoms with Crippen LogP contribution in [0.4, 0.5) is 5.82 Å². The van der Waals surface area contributed by atoms with Crippen molar-refractivity contribution in [1.29, 1.82) is 0 Å². The SMILES string of the molecule is Cn1cnc(-c2ccc(-c3ncc(N(C4CC4)C4C[C@H]5CC[C@@H](C4)N5)nn3)c(O)c2)n1. The van der Waals surface area contributed by atoms with Gasteiger partial charge in [0.15, 0.2) is 17.5 Å². The summed E-state index contributed by atoms with van der Waals surface area (Å²) in [5, 5.41) is 27.5. The lowest BCUT2D eigenvalue weighted by atomic mass is 9.98. The second kappa shape index (κ2) is 7.26. The Bertz CT molecular complexity index is 1080. The highest BCUT2D eigenvalue weighted by atomic mass is 16.3. The van der Waals surface area contributed by atoms with E-state index in [2.05, 4.69) is 35.5 Å². The zero-order valence-electron chi connectivity index (χ0n) is 17.5. The number of phenolic OH excluding ortho intramolecular Hbond substituents is 1. The summed E-state index contributed by atoms with van der Waals surface area (Å²) in [4.78, 5) is 11.3. The number of benzene rings is 1. The third-order valence-corrected chi connectivity index (χ3v) is 6.69. The summed E-state index contributed by atoms with van der Waals surface area (Å²) in [6.07, 6.45) is 10.8. The minimum atomic E-state index is 0.0912. The number of aryl methyl sites for hydroxylation is 1. The van der Waals surface area contributed by atoms with E-state index in [0.29, 0.717) is 41.4 Å². The van der Waals surface area contributed by atoms with Gasteiger partial charge in [-0.2, -0.15) is 5.10 Å². The van der Waals surface area contributed by atoms with Crippen LogP contribution in [-0.4, -0.2) is 59.2 Å². The Morgan fingerprint density at radius 3 is 2.42 bits per heavy atom. The average Bonchev–Trinajstić information content (AvgIpc) is 3.42. The van der Waals surface area contributed by atoms with E-state index < -0.39 is 0 Å². The maximum Gasteiger partial charge on any atom is 0.185 e. The normalized spacial score (nSPS) is 25.0. The van der Waals surface area contributed by atoms with Gasteiger partial charge in [0.25, 0.3) is 0 Å². The molecular weight excluding hydrogens is 392 g/mol. The van der Waals surface area contributed by atoms with Gasteiger partial charge in [0.1, 0.15) is 12.1 Å². The van der Waals surface area contributed by atoms with Crippen molar-refractivity contribution in [3.8, 4) is 28.5 Å². The summed E-state index contributed by atoms with van der Waals surface area (Å²) in [7, 11) is 1.81. The number of aromatic hydroxyl groups is 1. The first kappa shape index (κ1) is 18.7. The summed E-state index contributed by atoms with van der Waals surface area (Å²) < 4.78 is 1.63. The number of nitrogens with zero attached hydrogens (tertiary/aromatic N) is 7. The third kappa shape index (κ3) is 3.52. The Morgan fingerprint density at radius 1 is 1.00 bits per heavy atom. The molecular formula is C22H26N8O. The Labute approximate surface area is 180 Å². The van der Waals surface area contributed by atoms with Gasteiger partial charge in [-0.1, -0.05) is 6.07 Å². The monoisotopic (exact) mass is 418 g/mol. The number of nitrogens with one attached hydrogen (secondary N) is 1. The second-order valence-corrected chi connectivity index (χ2v) is 9.02. The van der Waals surface area contributed by atoms with Gasteiger partial charge in [0.05, 0.1) is 11.8 Å². The number of hydrogen-bond acceptors (Lipinski definition) is 8. The Morgan fingerprint density at radius 2 is 1.81 bits per heavy atom. The zero-order valence-corrected chi connectivity index (χ0v) is 17.5. The molecule has 3 aromatic rings. The Hall–Kier alpha value is -3.07. The molecule has 4 heterocycles. The predicted molar refractivity (Wildman–Crippen MR) is 115 cm³/mol. The van der Waals surface area contributed by atoms with Gasteiger partial charge in [0, 0.05) is 36.8 Å². The van der Waals surface area contributed by atoms with Crippen LogP contribution in [0.5, 0.6) is 5.75 Å². The maximum absolute atomic E-state index is 10.6. The van der Waals surface area contributed by atoms with E-state index in [4.69, 9.17) is 0 Å². The molecule has 3 aliphatic rings. The molecule has 1 saturated carbocycles. The van der Waals surface area contributed by atoms with Crippen LogP contribution in [0.15, 0.2) is 30.7 Å². The minimum Gasteiger partial charge on any atom is -0.507 e. The fourth-order valence-corrected chi connectivity index (χ4v) is 5.12. The number of rotatable bonds is 5. The predicted octanol–water partition coefficient (Wildman–Crippen LogP) is 2.29. The first-order valence-corrected chi connectivity index (χ1v) is 11.1. The molecule has 1 unspecified atom stereocenters. The molecule has 1 aromatic carbocycles. The van der Waals surface area contributed by atoms with E-state index in [9.17, 15) is 5.11 Å². The Balaban J connectivity index is 1.25. The first-order chi connectivity index (χ1) is 15.1. The molecule has 1 aliphatic carbocycles. The van der Waals surface area contributed by atoms with Crippen molar-refractivity contribution >= 4 is 5.82 Å². The van der Waals surface area contributed by atoms with Crippen LogP contribution in [0.25, 0.3) is 22.8 Å². The van der Waals surface area contributed by atoms with Crippen molar-refractivity contribution in [1.82, 2.24) is 35.3 Å².